The van der Waals surface area contributed by atoms with E-state index in [2.05, 4.69) is 9.88 Å². The first-order valence-corrected chi connectivity index (χ1v) is 7.58. The number of hydrogen-bond acceptors (Lipinski definition) is 4. The van der Waals surface area contributed by atoms with Gasteiger partial charge in [0.05, 0.1) is 11.2 Å². The Hall–Kier alpha value is -1.37. The van der Waals surface area contributed by atoms with Gasteiger partial charge in [0, 0.05) is 29.6 Å². The zero-order chi connectivity index (χ0) is 15.4. The van der Waals surface area contributed by atoms with Gasteiger partial charge in [0.1, 0.15) is 0 Å². The molecule has 114 valence electrons. The maximum atomic E-state index is 12.6. The van der Waals surface area contributed by atoms with E-state index in [-0.39, 0.29) is 11.6 Å². The van der Waals surface area contributed by atoms with Crippen LogP contribution >= 0.6 is 11.3 Å². The molecule has 6 heteroatoms. The number of hydrogen-bond donors (Lipinski definition) is 1. The fourth-order valence-electron chi connectivity index (χ4n) is 2.25. The molecule has 21 heavy (non-hydrogen) atoms. The number of rotatable bonds is 6. The van der Waals surface area contributed by atoms with Gasteiger partial charge in [-0.15, -0.1) is 11.3 Å². The summed E-state index contributed by atoms with van der Waals surface area (Å²) < 4.78 is 25.2. The van der Waals surface area contributed by atoms with Crippen LogP contribution in [0.5, 0.6) is 0 Å². The highest BCUT2D eigenvalue weighted by Crippen LogP contribution is 2.25. The minimum atomic E-state index is -2.44. The second kappa shape index (κ2) is 7.06. The van der Waals surface area contributed by atoms with Gasteiger partial charge >= 0.3 is 0 Å². The monoisotopic (exact) mass is 311 g/mol. The van der Waals surface area contributed by atoms with E-state index in [0.29, 0.717) is 6.54 Å². The Morgan fingerprint density at radius 1 is 1.24 bits per heavy atom. The first-order valence-electron chi connectivity index (χ1n) is 6.70. The molecule has 2 N–H and O–H groups in total. The van der Waals surface area contributed by atoms with Gasteiger partial charge in [-0.1, -0.05) is 24.3 Å². The molecular weight excluding hydrogens is 292 g/mol. The summed E-state index contributed by atoms with van der Waals surface area (Å²) in [5.41, 5.74) is 9.71. The molecule has 2 rings (SSSR count). The quantitative estimate of drug-likeness (QED) is 0.887. The summed E-state index contributed by atoms with van der Waals surface area (Å²) in [4.78, 5) is 7.55. The zero-order valence-corrected chi connectivity index (χ0v) is 12.9. The van der Waals surface area contributed by atoms with Gasteiger partial charge in [-0.3, -0.25) is 4.90 Å². The van der Waals surface area contributed by atoms with Crippen molar-refractivity contribution in [2.24, 2.45) is 5.73 Å². The number of halogens is 2. The van der Waals surface area contributed by atoms with Crippen molar-refractivity contribution in [1.82, 2.24) is 9.88 Å². The standard InChI is InChI=1S/C15H19F2N3S/c1-10-14(21-9-19-10)8-20(2)13(7-18)11-3-5-12(6-4-11)15(16)17/h3-6,9,13,15H,7-8,18H2,1-2H3. The summed E-state index contributed by atoms with van der Waals surface area (Å²) in [6.07, 6.45) is -2.44. The lowest BCUT2D eigenvalue weighted by Gasteiger charge is -2.27. The number of alkyl halides is 2. The Kier molecular flexibility index (Phi) is 5.39. The molecule has 0 aliphatic rings. The lowest BCUT2D eigenvalue weighted by molar-refractivity contribution is 0.151. The third-order valence-corrected chi connectivity index (χ3v) is 4.49. The summed E-state index contributed by atoms with van der Waals surface area (Å²) in [5, 5.41) is 0. The van der Waals surface area contributed by atoms with Crippen molar-refractivity contribution in [2.75, 3.05) is 13.6 Å². The fourth-order valence-corrected chi connectivity index (χ4v) is 3.09. The van der Waals surface area contributed by atoms with E-state index in [9.17, 15) is 8.78 Å². The fraction of sp³-hybridized carbons (Fsp3) is 0.400. The molecule has 0 aliphatic carbocycles. The summed E-state index contributed by atoms with van der Waals surface area (Å²) in [6.45, 7) is 3.16. The normalized spacial score (nSPS) is 13.1. The largest absolute Gasteiger partial charge is 0.329 e. The van der Waals surface area contributed by atoms with Crippen molar-refractivity contribution in [3.8, 4) is 0 Å². The number of likely N-dealkylation sites (N-methyl/N-ethyl adjacent to an activating group) is 1. The van der Waals surface area contributed by atoms with Crippen LogP contribution in [0.1, 0.15) is 34.2 Å². The number of benzene rings is 1. The van der Waals surface area contributed by atoms with E-state index in [1.54, 1.807) is 23.5 Å². The molecule has 0 spiro atoms. The second-order valence-electron chi connectivity index (χ2n) is 4.99. The Morgan fingerprint density at radius 2 is 1.86 bits per heavy atom. The number of aryl methyl sites for hydroxylation is 1. The van der Waals surface area contributed by atoms with Crippen LogP contribution in [-0.2, 0) is 6.54 Å². The molecule has 0 saturated heterocycles. The van der Waals surface area contributed by atoms with E-state index in [4.69, 9.17) is 5.73 Å². The molecule has 0 amide bonds. The van der Waals surface area contributed by atoms with Crippen molar-refractivity contribution < 1.29 is 8.78 Å². The van der Waals surface area contributed by atoms with Gasteiger partial charge in [-0.05, 0) is 19.5 Å². The van der Waals surface area contributed by atoms with Crippen LogP contribution in [0.3, 0.4) is 0 Å². The zero-order valence-electron chi connectivity index (χ0n) is 12.1. The van der Waals surface area contributed by atoms with Crippen LogP contribution in [0, 0.1) is 6.92 Å². The average Bonchev–Trinajstić information content (AvgIpc) is 2.85. The van der Waals surface area contributed by atoms with Crippen LogP contribution in [0.2, 0.25) is 0 Å². The van der Waals surface area contributed by atoms with Crippen molar-refractivity contribution in [1.29, 1.82) is 0 Å². The minimum absolute atomic E-state index is 0.00165. The molecule has 0 fully saturated rings. The second-order valence-corrected chi connectivity index (χ2v) is 5.93. The Balaban J connectivity index is 2.13. The first-order chi connectivity index (χ1) is 10.0. The first kappa shape index (κ1) is 16.0. The van der Waals surface area contributed by atoms with Crippen molar-refractivity contribution in [3.63, 3.8) is 0 Å². The van der Waals surface area contributed by atoms with E-state index >= 15 is 0 Å². The van der Waals surface area contributed by atoms with Crippen LogP contribution in [0.15, 0.2) is 29.8 Å². The van der Waals surface area contributed by atoms with Crippen LogP contribution in [0.4, 0.5) is 8.78 Å². The molecule has 0 radical (unpaired) electrons. The van der Waals surface area contributed by atoms with Crippen LogP contribution < -0.4 is 5.73 Å². The van der Waals surface area contributed by atoms with E-state index < -0.39 is 6.43 Å². The summed E-state index contributed by atoms with van der Waals surface area (Å²) >= 11 is 1.61. The summed E-state index contributed by atoms with van der Waals surface area (Å²) in [7, 11) is 1.98. The maximum Gasteiger partial charge on any atom is 0.263 e. The Morgan fingerprint density at radius 3 is 2.33 bits per heavy atom. The number of thiazole rings is 1. The predicted molar refractivity (Wildman–Crippen MR) is 81.5 cm³/mol. The van der Waals surface area contributed by atoms with Crippen molar-refractivity contribution in [3.05, 3.63) is 51.5 Å². The maximum absolute atomic E-state index is 12.6. The van der Waals surface area contributed by atoms with Crippen molar-refractivity contribution >= 4 is 11.3 Å². The van der Waals surface area contributed by atoms with Gasteiger partial charge in [-0.2, -0.15) is 0 Å². The molecule has 0 bridgehead atoms. The highest BCUT2D eigenvalue weighted by molar-refractivity contribution is 7.09. The van der Waals surface area contributed by atoms with Gasteiger partial charge in [0.15, 0.2) is 0 Å². The van der Waals surface area contributed by atoms with E-state index in [0.717, 1.165) is 17.8 Å². The molecule has 1 heterocycles. The smallest absolute Gasteiger partial charge is 0.263 e. The summed E-state index contributed by atoms with van der Waals surface area (Å²) in [6, 6.07) is 6.39. The lowest BCUT2D eigenvalue weighted by atomic mass is 10.0. The van der Waals surface area contributed by atoms with Crippen molar-refractivity contribution in [2.45, 2.75) is 25.9 Å². The molecule has 1 unspecified atom stereocenters. The highest BCUT2D eigenvalue weighted by atomic mass is 32.1. The minimum Gasteiger partial charge on any atom is -0.329 e. The molecule has 2 aromatic rings. The SMILES string of the molecule is Cc1ncsc1CN(C)C(CN)c1ccc(C(F)F)cc1. The van der Waals surface area contributed by atoms with Crippen LogP contribution in [-0.4, -0.2) is 23.5 Å². The molecular formula is C15H19F2N3S. The molecule has 3 nitrogen and oxygen atoms in total. The van der Waals surface area contributed by atoms with E-state index in [1.807, 2.05) is 19.5 Å². The third-order valence-electron chi connectivity index (χ3n) is 3.57. The topological polar surface area (TPSA) is 42.2 Å². The number of nitrogens with two attached hydrogens (primary N) is 1. The predicted octanol–water partition coefficient (Wildman–Crippen LogP) is 3.52. The molecule has 1 atom stereocenters. The summed E-state index contributed by atoms with van der Waals surface area (Å²) in [5.74, 6) is 0. The molecule has 0 aliphatic heterocycles. The number of nitrogens with zero attached hydrogens (tertiary/aromatic N) is 2. The highest BCUT2D eigenvalue weighted by Gasteiger charge is 2.18. The lowest BCUT2D eigenvalue weighted by Crippen LogP contribution is -2.30. The van der Waals surface area contributed by atoms with Crippen LogP contribution in [0.25, 0.3) is 0 Å². The molecule has 0 saturated carbocycles. The van der Waals surface area contributed by atoms with Gasteiger partial charge < -0.3 is 5.73 Å². The average molecular weight is 311 g/mol. The van der Waals surface area contributed by atoms with Gasteiger partial charge in [0.25, 0.3) is 6.43 Å². The van der Waals surface area contributed by atoms with Gasteiger partial charge in [0.2, 0.25) is 0 Å². The van der Waals surface area contributed by atoms with Gasteiger partial charge in [-0.25, -0.2) is 13.8 Å². The number of aromatic nitrogens is 1. The Labute approximate surface area is 127 Å². The van der Waals surface area contributed by atoms with E-state index in [1.165, 1.54) is 17.0 Å². The molecule has 1 aromatic carbocycles. The Bertz CT molecular complexity index is 569. The third kappa shape index (κ3) is 3.84. The molecule has 1 aromatic heterocycles.